The highest BCUT2D eigenvalue weighted by Crippen LogP contribution is 2.28. The van der Waals surface area contributed by atoms with Crippen molar-refractivity contribution in [3.8, 4) is 5.75 Å². The van der Waals surface area contributed by atoms with Crippen molar-refractivity contribution >= 4 is 27.9 Å². The van der Waals surface area contributed by atoms with Crippen molar-refractivity contribution in [3.05, 3.63) is 89.6 Å². The Balaban J connectivity index is 1.21. The van der Waals surface area contributed by atoms with E-state index in [1.807, 2.05) is 42.5 Å². The van der Waals surface area contributed by atoms with E-state index in [-0.39, 0.29) is 6.42 Å². The van der Waals surface area contributed by atoms with Crippen molar-refractivity contribution in [1.29, 1.82) is 0 Å². The van der Waals surface area contributed by atoms with Crippen LogP contribution in [0.4, 0.5) is 0 Å². The van der Waals surface area contributed by atoms with Gasteiger partial charge in [-0.1, -0.05) is 18.2 Å². The number of carboxylic acids is 1. The number of pyridine rings is 1. The second-order valence-electron chi connectivity index (χ2n) is 9.42. The molecule has 0 unspecified atom stereocenters. The summed E-state index contributed by atoms with van der Waals surface area (Å²) in [5, 5.41) is 15.0. The lowest BCUT2D eigenvalue weighted by molar-refractivity contribution is -0.137. The molecule has 1 aliphatic carbocycles. The molecule has 1 N–H and O–H groups in total. The second kappa shape index (κ2) is 9.97. The normalized spacial score (nSPS) is 13.9. The van der Waals surface area contributed by atoms with Gasteiger partial charge in [-0.25, -0.2) is 4.98 Å². The van der Waals surface area contributed by atoms with Gasteiger partial charge in [-0.2, -0.15) is 5.10 Å². The van der Waals surface area contributed by atoms with Crippen molar-refractivity contribution in [2.45, 2.75) is 44.6 Å². The molecule has 0 saturated heterocycles. The zero-order chi connectivity index (χ0) is 25.2. The summed E-state index contributed by atoms with van der Waals surface area (Å²) in [6, 6.07) is 17.0. The van der Waals surface area contributed by atoms with Crippen LogP contribution in [-0.2, 0) is 24.1 Å². The fourth-order valence-corrected chi connectivity index (χ4v) is 5.02. The first kappa shape index (κ1) is 23.1. The number of fused-ring (bicyclic) bond motifs is 3. The van der Waals surface area contributed by atoms with E-state index in [0.717, 1.165) is 52.6 Å². The Morgan fingerprint density at radius 3 is 2.76 bits per heavy atom. The van der Waals surface area contributed by atoms with E-state index in [9.17, 15) is 9.90 Å². The van der Waals surface area contributed by atoms with E-state index in [1.165, 1.54) is 24.1 Å². The summed E-state index contributed by atoms with van der Waals surface area (Å²) in [6.45, 7) is 0.528. The number of carboxylic acid groups (broad SMARTS) is 1. The van der Waals surface area contributed by atoms with Crippen LogP contribution in [0.5, 0.6) is 5.75 Å². The van der Waals surface area contributed by atoms with Gasteiger partial charge in [-0.3, -0.25) is 19.4 Å². The van der Waals surface area contributed by atoms with Gasteiger partial charge in [0.05, 0.1) is 47.7 Å². The summed E-state index contributed by atoms with van der Waals surface area (Å²) in [4.78, 5) is 25.7. The van der Waals surface area contributed by atoms with Gasteiger partial charge in [-0.05, 0) is 67.6 Å². The van der Waals surface area contributed by atoms with Crippen LogP contribution in [-0.4, -0.2) is 42.4 Å². The molecule has 0 spiro atoms. The maximum atomic E-state index is 11.7. The summed E-state index contributed by atoms with van der Waals surface area (Å²) >= 11 is 0. The number of nitrogens with zero attached hydrogens (tertiary/aromatic N) is 5. The predicted octanol–water partition coefficient (Wildman–Crippen LogP) is 4.94. The second-order valence-corrected chi connectivity index (χ2v) is 9.42. The molecule has 8 nitrogen and oxygen atoms in total. The summed E-state index contributed by atoms with van der Waals surface area (Å²) in [5.41, 5.74) is 6.53. The lowest BCUT2D eigenvalue weighted by Gasteiger charge is -2.17. The zero-order valence-corrected chi connectivity index (χ0v) is 20.4. The number of hydrogen-bond acceptors (Lipinski definition) is 6. The van der Waals surface area contributed by atoms with Crippen LogP contribution in [0.15, 0.2) is 67.0 Å². The average molecular weight is 494 g/mol. The van der Waals surface area contributed by atoms with Gasteiger partial charge in [-0.15, -0.1) is 0 Å². The quantitative estimate of drug-likeness (QED) is 0.327. The third kappa shape index (κ3) is 4.87. The minimum Gasteiger partial charge on any atom is -0.493 e. The van der Waals surface area contributed by atoms with Gasteiger partial charge < -0.3 is 9.84 Å². The lowest BCUT2D eigenvalue weighted by Crippen LogP contribution is -2.18. The van der Waals surface area contributed by atoms with Crippen LogP contribution in [0.3, 0.4) is 0 Å². The molecule has 0 saturated carbocycles. The molecule has 6 rings (SSSR count). The summed E-state index contributed by atoms with van der Waals surface area (Å²) in [7, 11) is 0. The Morgan fingerprint density at radius 1 is 1.00 bits per heavy atom. The van der Waals surface area contributed by atoms with Crippen LogP contribution in [0.1, 0.15) is 47.9 Å². The minimum atomic E-state index is -0.931. The third-order valence-corrected chi connectivity index (χ3v) is 6.90. The molecule has 0 bridgehead atoms. The molecule has 37 heavy (non-hydrogen) atoms. The summed E-state index contributed by atoms with van der Waals surface area (Å²) in [6.07, 6.45) is 8.62. The van der Waals surface area contributed by atoms with Crippen LogP contribution >= 0.6 is 0 Å². The smallest absolute Gasteiger partial charge is 0.305 e. The first-order chi connectivity index (χ1) is 18.1. The van der Waals surface area contributed by atoms with Crippen LogP contribution in [0, 0.1) is 0 Å². The molecule has 0 aliphatic heterocycles. The summed E-state index contributed by atoms with van der Waals surface area (Å²) < 4.78 is 7.75. The van der Waals surface area contributed by atoms with Gasteiger partial charge in [0, 0.05) is 23.2 Å². The van der Waals surface area contributed by atoms with Gasteiger partial charge in [0.1, 0.15) is 11.8 Å². The van der Waals surface area contributed by atoms with E-state index in [4.69, 9.17) is 9.72 Å². The van der Waals surface area contributed by atoms with Crippen molar-refractivity contribution in [3.63, 3.8) is 0 Å². The molecule has 186 valence electrons. The van der Waals surface area contributed by atoms with E-state index in [2.05, 4.69) is 27.2 Å². The molecule has 3 heterocycles. The standard InChI is InChI=1S/C29H27N5O3/c35-29(36)16-28(26-18-30-24-7-3-4-8-25(24)33-26)34-27-12-11-22(15-20(27)17-31-34)37-14-13-21-10-9-19-5-1-2-6-23(19)32-21/h3-4,7-12,15,17-18,28H,1-2,5-6,13-14,16H2,(H,35,36)/t28-/m1/s1. The monoisotopic (exact) mass is 493 g/mol. The highest BCUT2D eigenvalue weighted by molar-refractivity contribution is 5.81. The SMILES string of the molecule is O=C(O)C[C@H](c1cnc2ccccc2n1)n1ncc2cc(OCCc3ccc4c(n3)CCCC4)ccc21. The molecular formula is C29H27N5O3. The van der Waals surface area contributed by atoms with Crippen molar-refractivity contribution in [1.82, 2.24) is 24.7 Å². The van der Waals surface area contributed by atoms with Gasteiger partial charge in [0.15, 0.2) is 0 Å². The molecule has 2 aromatic carbocycles. The molecule has 5 aromatic rings. The van der Waals surface area contributed by atoms with Crippen molar-refractivity contribution in [2.24, 2.45) is 0 Å². The first-order valence-corrected chi connectivity index (χ1v) is 12.7. The van der Waals surface area contributed by atoms with Crippen LogP contribution in [0.25, 0.3) is 21.9 Å². The zero-order valence-electron chi connectivity index (χ0n) is 20.4. The maximum absolute atomic E-state index is 11.7. The van der Waals surface area contributed by atoms with E-state index in [1.54, 1.807) is 17.1 Å². The number of rotatable bonds is 8. The molecule has 0 amide bonds. The number of hydrogen-bond donors (Lipinski definition) is 1. The molecule has 1 atom stereocenters. The highest BCUT2D eigenvalue weighted by atomic mass is 16.5. The van der Waals surface area contributed by atoms with E-state index >= 15 is 0 Å². The Labute approximate surface area is 214 Å². The Hall–Kier alpha value is -4.33. The number of benzene rings is 2. The largest absolute Gasteiger partial charge is 0.493 e. The first-order valence-electron chi connectivity index (χ1n) is 12.7. The topological polar surface area (TPSA) is 103 Å². The molecule has 3 aromatic heterocycles. The summed E-state index contributed by atoms with van der Waals surface area (Å²) in [5.74, 6) is -0.190. The van der Waals surface area contributed by atoms with Crippen LogP contribution in [0.2, 0.25) is 0 Å². The van der Waals surface area contributed by atoms with E-state index < -0.39 is 12.0 Å². The molecule has 8 heteroatoms. The number of aryl methyl sites for hydroxylation is 2. The minimum absolute atomic E-state index is 0.157. The Kier molecular flexibility index (Phi) is 6.22. The van der Waals surface area contributed by atoms with Gasteiger partial charge in [0.2, 0.25) is 0 Å². The van der Waals surface area contributed by atoms with E-state index in [0.29, 0.717) is 12.3 Å². The molecular weight excluding hydrogens is 466 g/mol. The van der Waals surface area contributed by atoms with Crippen molar-refractivity contribution in [2.75, 3.05) is 6.61 Å². The third-order valence-electron chi connectivity index (χ3n) is 6.90. The fourth-order valence-electron chi connectivity index (χ4n) is 5.02. The predicted molar refractivity (Wildman–Crippen MR) is 140 cm³/mol. The number of ether oxygens (including phenoxy) is 1. The van der Waals surface area contributed by atoms with Gasteiger partial charge in [0.25, 0.3) is 0 Å². The highest BCUT2D eigenvalue weighted by Gasteiger charge is 2.23. The molecule has 1 aliphatic rings. The Morgan fingerprint density at radius 2 is 1.86 bits per heavy atom. The number of aliphatic carboxylic acids is 1. The maximum Gasteiger partial charge on any atom is 0.305 e. The average Bonchev–Trinajstić information content (AvgIpc) is 3.34. The number of carbonyl (C=O) groups is 1. The fraction of sp³-hybridized carbons (Fsp3) is 0.276. The van der Waals surface area contributed by atoms with Crippen LogP contribution < -0.4 is 4.74 Å². The Bertz CT molecular complexity index is 1600. The number of aromatic nitrogens is 5. The van der Waals surface area contributed by atoms with Crippen molar-refractivity contribution < 1.29 is 14.6 Å². The number of para-hydroxylation sites is 2. The molecule has 0 fully saturated rings. The lowest BCUT2D eigenvalue weighted by atomic mass is 9.96. The van der Waals surface area contributed by atoms with Gasteiger partial charge >= 0.3 is 5.97 Å². The molecule has 0 radical (unpaired) electrons.